The van der Waals surface area contributed by atoms with Gasteiger partial charge >= 0.3 is 0 Å². The first-order valence-corrected chi connectivity index (χ1v) is 9.10. The largest absolute Gasteiger partial charge is 0.310 e. The van der Waals surface area contributed by atoms with Crippen LogP contribution in [-0.2, 0) is 24.9 Å². The summed E-state index contributed by atoms with van der Waals surface area (Å²) in [4.78, 5) is 27.3. The van der Waals surface area contributed by atoms with Crippen LogP contribution in [0.25, 0.3) is 5.65 Å². The van der Waals surface area contributed by atoms with Crippen molar-refractivity contribution >= 4 is 5.65 Å². The molecular formula is C20H25N5O. The third kappa shape index (κ3) is 2.94. The minimum atomic E-state index is -0.154. The van der Waals surface area contributed by atoms with Crippen LogP contribution in [0.5, 0.6) is 0 Å². The number of fused-ring (bicyclic) bond motifs is 2. The van der Waals surface area contributed by atoms with Gasteiger partial charge in [-0.25, -0.2) is 9.97 Å². The van der Waals surface area contributed by atoms with Gasteiger partial charge in [-0.1, -0.05) is 26.8 Å². The molecule has 0 radical (unpaired) electrons. The highest BCUT2D eigenvalue weighted by Gasteiger charge is 2.25. The Balaban J connectivity index is 1.63. The van der Waals surface area contributed by atoms with Crippen molar-refractivity contribution in [2.24, 2.45) is 0 Å². The fourth-order valence-electron chi connectivity index (χ4n) is 3.54. The lowest BCUT2D eigenvalue weighted by Gasteiger charge is -2.29. The molecular weight excluding hydrogens is 326 g/mol. The number of aromatic amines is 1. The van der Waals surface area contributed by atoms with E-state index in [1.807, 2.05) is 31.3 Å². The quantitative estimate of drug-likeness (QED) is 0.771. The van der Waals surface area contributed by atoms with Gasteiger partial charge in [0.1, 0.15) is 11.5 Å². The van der Waals surface area contributed by atoms with Crippen molar-refractivity contribution in [3.05, 3.63) is 63.2 Å². The molecule has 0 bridgehead atoms. The van der Waals surface area contributed by atoms with Gasteiger partial charge in [-0.05, 0) is 19.1 Å². The number of H-pyrrole nitrogens is 1. The molecule has 6 nitrogen and oxygen atoms in total. The van der Waals surface area contributed by atoms with E-state index in [1.165, 1.54) is 5.69 Å². The van der Waals surface area contributed by atoms with Gasteiger partial charge in [0.15, 0.2) is 0 Å². The third-order valence-corrected chi connectivity index (χ3v) is 5.06. The van der Waals surface area contributed by atoms with Gasteiger partial charge in [0.05, 0.1) is 22.6 Å². The van der Waals surface area contributed by atoms with Crippen molar-refractivity contribution in [3.8, 4) is 0 Å². The van der Waals surface area contributed by atoms with Crippen LogP contribution >= 0.6 is 0 Å². The zero-order chi connectivity index (χ0) is 18.5. The molecule has 26 heavy (non-hydrogen) atoms. The Kier molecular flexibility index (Phi) is 3.95. The van der Waals surface area contributed by atoms with Crippen molar-refractivity contribution in [1.82, 2.24) is 24.3 Å². The summed E-state index contributed by atoms with van der Waals surface area (Å²) >= 11 is 0. The molecule has 4 rings (SSSR count). The second-order valence-corrected chi connectivity index (χ2v) is 8.12. The summed E-state index contributed by atoms with van der Waals surface area (Å²) in [6.07, 6.45) is 2.85. The number of nitrogens with zero attached hydrogens (tertiary/aromatic N) is 4. The molecule has 3 aromatic rings. The molecule has 136 valence electrons. The highest BCUT2D eigenvalue weighted by Crippen LogP contribution is 2.22. The molecule has 1 N–H and O–H groups in total. The van der Waals surface area contributed by atoms with Crippen LogP contribution in [-0.4, -0.2) is 30.8 Å². The molecule has 4 heterocycles. The fourth-order valence-corrected chi connectivity index (χ4v) is 3.54. The van der Waals surface area contributed by atoms with E-state index in [0.717, 1.165) is 47.9 Å². The number of hydrogen-bond acceptors (Lipinski definition) is 4. The standard InChI is InChI=1S/C20H25N5O/c1-13-16(25-9-6-5-7-17(25)21-13)12-24-10-8-15-14(11-24)18(26)23-19(22-15)20(2,3)4/h5-7,9H,8,10-12H2,1-4H3,(H,22,23,26). The Hall–Kier alpha value is -2.47. The molecule has 3 aromatic heterocycles. The van der Waals surface area contributed by atoms with Gasteiger partial charge < -0.3 is 9.38 Å². The second kappa shape index (κ2) is 6.06. The lowest BCUT2D eigenvalue weighted by atomic mass is 9.95. The highest BCUT2D eigenvalue weighted by atomic mass is 16.1. The van der Waals surface area contributed by atoms with Gasteiger partial charge in [-0.3, -0.25) is 9.69 Å². The summed E-state index contributed by atoms with van der Waals surface area (Å²) in [5, 5.41) is 0. The van der Waals surface area contributed by atoms with Crippen LogP contribution in [0, 0.1) is 6.92 Å². The lowest BCUT2D eigenvalue weighted by molar-refractivity contribution is 0.237. The Labute approximate surface area is 152 Å². The molecule has 0 atom stereocenters. The number of rotatable bonds is 2. The van der Waals surface area contributed by atoms with Crippen LogP contribution in [0.4, 0.5) is 0 Å². The molecule has 0 spiro atoms. The maximum absolute atomic E-state index is 12.6. The van der Waals surface area contributed by atoms with Gasteiger partial charge in [0.25, 0.3) is 5.56 Å². The van der Waals surface area contributed by atoms with Gasteiger partial charge in [0, 0.05) is 37.7 Å². The third-order valence-electron chi connectivity index (χ3n) is 5.06. The van der Waals surface area contributed by atoms with E-state index in [-0.39, 0.29) is 11.0 Å². The number of aromatic nitrogens is 4. The first kappa shape index (κ1) is 17.0. The fraction of sp³-hybridized carbons (Fsp3) is 0.450. The van der Waals surface area contributed by atoms with E-state index in [2.05, 4.69) is 40.0 Å². The zero-order valence-electron chi connectivity index (χ0n) is 15.8. The van der Waals surface area contributed by atoms with Crippen molar-refractivity contribution < 1.29 is 0 Å². The average molecular weight is 351 g/mol. The molecule has 0 aromatic carbocycles. The zero-order valence-corrected chi connectivity index (χ0v) is 15.8. The predicted molar refractivity (Wildman–Crippen MR) is 101 cm³/mol. The number of hydrogen-bond donors (Lipinski definition) is 1. The van der Waals surface area contributed by atoms with Crippen molar-refractivity contribution in [2.75, 3.05) is 6.54 Å². The predicted octanol–water partition coefficient (Wildman–Crippen LogP) is 2.58. The van der Waals surface area contributed by atoms with Crippen molar-refractivity contribution in [3.63, 3.8) is 0 Å². The van der Waals surface area contributed by atoms with Crippen molar-refractivity contribution in [2.45, 2.75) is 52.6 Å². The molecule has 1 aliphatic heterocycles. The first-order chi connectivity index (χ1) is 12.3. The Morgan fingerprint density at radius 2 is 2.04 bits per heavy atom. The Morgan fingerprint density at radius 1 is 1.23 bits per heavy atom. The molecule has 0 fully saturated rings. The van der Waals surface area contributed by atoms with Crippen LogP contribution in [0.1, 0.15) is 49.2 Å². The minimum absolute atomic E-state index is 0.000473. The monoisotopic (exact) mass is 351 g/mol. The van der Waals surface area contributed by atoms with Crippen LogP contribution < -0.4 is 5.56 Å². The molecule has 0 amide bonds. The highest BCUT2D eigenvalue weighted by molar-refractivity contribution is 5.42. The minimum Gasteiger partial charge on any atom is -0.310 e. The molecule has 0 unspecified atom stereocenters. The average Bonchev–Trinajstić information content (AvgIpc) is 2.90. The lowest BCUT2D eigenvalue weighted by Crippen LogP contribution is -2.37. The summed E-state index contributed by atoms with van der Waals surface area (Å²) in [5.41, 5.74) is 4.78. The number of aryl methyl sites for hydroxylation is 1. The summed E-state index contributed by atoms with van der Waals surface area (Å²) < 4.78 is 2.13. The molecule has 6 heteroatoms. The van der Waals surface area contributed by atoms with Crippen LogP contribution in [0.3, 0.4) is 0 Å². The van der Waals surface area contributed by atoms with Gasteiger partial charge in [0.2, 0.25) is 0 Å². The summed E-state index contributed by atoms with van der Waals surface area (Å²) in [5.74, 6) is 0.771. The SMILES string of the molecule is Cc1nc2ccccn2c1CN1CCc2nc(C(C)(C)C)[nH]c(=O)c2C1. The molecule has 1 aliphatic rings. The maximum Gasteiger partial charge on any atom is 0.255 e. The van der Waals surface area contributed by atoms with E-state index >= 15 is 0 Å². The van der Waals surface area contributed by atoms with Crippen molar-refractivity contribution in [1.29, 1.82) is 0 Å². The van der Waals surface area contributed by atoms with Gasteiger partial charge in [-0.15, -0.1) is 0 Å². The summed E-state index contributed by atoms with van der Waals surface area (Å²) in [6, 6.07) is 6.04. The summed E-state index contributed by atoms with van der Waals surface area (Å²) in [7, 11) is 0. The van der Waals surface area contributed by atoms with Crippen LogP contribution in [0.2, 0.25) is 0 Å². The van der Waals surface area contributed by atoms with E-state index in [9.17, 15) is 4.79 Å². The normalized spacial score (nSPS) is 15.4. The maximum atomic E-state index is 12.6. The number of pyridine rings is 1. The number of nitrogens with one attached hydrogen (secondary N) is 1. The van der Waals surface area contributed by atoms with Gasteiger partial charge in [-0.2, -0.15) is 0 Å². The van der Waals surface area contributed by atoms with E-state index in [4.69, 9.17) is 4.98 Å². The smallest absolute Gasteiger partial charge is 0.255 e. The molecule has 0 aliphatic carbocycles. The van der Waals surface area contributed by atoms with E-state index in [0.29, 0.717) is 6.54 Å². The Bertz CT molecular complexity index is 1020. The molecule has 0 saturated carbocycles. The number of imidazole rings is 1. The Morgan fingerprint density at radius 3 is 2.81 bits per heavy atom. The molecule has 0 saturated heterocycles. The van der Waals surface area contributed by atoms with E-state index < -0.39 is 0 Å². The van der Waals surface area contributed by atoms with E-state index in [1.54, 1.807) is 0 Å². The second-order valence-electron chi connectivity index (χ2n) is 8.12. The summed E-state index contributed by atoms with van der Waals surface area (Å²) in [6.45, 7) is 10.6. The topological polar surface area (TPSA) is 66.3 Å². The first-order valence-electron chi connectivity index (χ1n) is 9.10. The van der Waals surface area contributed by atoms with Crippen LogP contribution in [0.15, 0.2) is 29.2 Å².